The number of methoxy groups -OCH3 is 3. The summed E-state index contributed by atoms with van der Waals surface area (Å²) in [5.74, 6) is -0.280. The van der Waals surface area contributed by atoms with Crippen molar-refractivity contribution in [3.8, 4) is 17.2 Å². The summed E-state index contributed by atoms with van der Waals surface area (Å²) in [6, 6.07) is 7.55. The van der Waals surface area contributed by atoms with Crippen LogP contribution in [-0.4, -0.2) is 52.4 Å². The second kappa shape index (κ2) is 9.66. The third kappa shape index (κ3) is 4.95. The molecule has 1 heterocycles. The Morgan fingerprint density at radius 1 is 0.968 bits per heavy atom. The SMILES string of the molecule is COC(=O)c1ccc(C(=O)OC)c(NC(=O)/C=C/c2cc(OC)c3c(c2)OCCO3)c1. The minimum atomic E-state index is -0.660. The van der Waals surface area contributed by atoms with E-state index in [1.165, 1.54) is 45.6 Å². The summed E-state index contributed by atoms with van der Waals surface area (Å²) in [5.41, 5.74) is 1.03. The van der Waals surface area contributed by atoms with Crippen molar-refractivity contribution < 1.29 is 38.1 Å². The van der Waals surface area contributed by atoms with Crippen LogP contribution in [0.3, 0.4) is 0 Å². The molecule has 1 amide bonds. The topological polar surface area (TPSA) is 109 Å². The van der Waals surface area contributed by atoms with Crippen LogP contribution in [0.15, 0.2) is 36.4 Å². The summed E-state index contributed by atoms with van der Waals surface area (Å²) in [4.78, 5) is 36.3. The molecule has 0 spiro atoms. The number of fused-ring (bicyclic) bond motifs is 1. The summed E-state index contributed by atoms with van der Waals surface area (Å²) in [5, 5.41) is 2.58. The molecular formula is C22H21NO8. The fourth-order valence-electron chi connectivity index (χ4n) is 2.92. The van der Waals surface area contributed by atoms with Crippen molar-refractivity contribution in [3.05, 3.63) is 53.1 Å². The molecule has 0 unspecified atom stereocenters. The maximum Gasteiger partial charge on any atom is 0.339 e. The van der Waals surface area contributed by atoms with E-state index in [0.717, 1.165) is 0 Å². The van der Waals surface area contributed by atoms with Gasteiger partial charge in [-0.3, -0.25) is 4.79 Å². The van der Waals surface area contributed by atoms with Gasteiger partial charge in [-0.2, -0.15) is 0 Å². The van der Waals surface area contributed by atoms with Gasteiger partial charge in [0.05, 0.1) is 38.1 Å². The molecule has 1 aliphatic rings. The number of hydrogen-bond donors (Lipinski definition) is 1. The molecule has 0 atom stereocenters. The third-order valence-corrected chi connectivity index (χ3v) is 4.38. The first-order valence-corrected chi connectivity index (χ1v) is 9.24. The summed E-state index contributed by atoms with van der Waals surface area (Å²) in [6.45, 7) is 0.838. The maximum absolute atomic E-state index is 12.5. The Hall–Kier alpha value is -4.01. The largest absolute Gasteiger partial charge is 0.493 e. The molecule has 0 radical (unpaired) electrons. The van der Waals surface area contributed by atoms with E-state index in [2.05, 4.69) is 10.1 Å². The lowest BCUT2D eigenvalue weighted by molar-refractivity contribution is -0.111. The molecular weight excluding hydrogens is 406 g/mol. The molecule has 0 saturated carbocycles. The number of amides is 1. The normalized spacial score (nSPS) is 12.2. The van der Waals surface area contributed by atoms with E-state index in [9.17, 15) is 14.4 Å². The lowest BCUT2D eigenvalue weighted by atomic mass is 10.1. The number of esters is 2. The summed E-state index contributed by atoms with van der Waals surface area (Å²) < 4.78 is 25.9. The van der Waals surface area contributed by atoms with E-state index in [4.69, 9.17) is 18.9 Å². The fourth-order valence-corrected chi connectivity index (χ4v) is 2.92. The Bertz CT molecular complexity index is 1030. The minimum Gasteiger partial charge on any atom is -0.493 e. The van der Waals surface area contributed by atoms with E-state index in [0.29, 0.717) is 36.0 Å². The molecule has 2 aromatic carbocycles. The molecule has 0 aromatic heterocycles. The van der Waals surface area contributed by atoms with Gasteiger partial charge in [-0.25, -0.2) is 9.59 Å². The molecule has 0 fully saturated rings. The van der Waals surface area contributed by atoms with Crippen LogP contribution in [0.1, 0.15) is 26.3 Å². The van der Waals surface area contributed by atoms with Crippen LogP contribution in [0, 0.1) is 0 Å². The van der Waals surface area contributed by atoms with Gasteiger partial charge < -0.3 is 29.0 Å². The second-order valence-electron chi connectivity index (χ2n) is 6.31. The van der Waals surface area contributed by atoms with Gasteiger partial charge in [-0.05, 0) is 42.0 Å². The first-order valence-electron chi connectivity index (χ1n) is 9.24. The van der Waals surface area contributed by atoms with Crippen LogP contribution in [0.2, 0.25) is 0 Å². The standard InChI is InChI=1S/C22H21NO8/c1-27-17-10-13(11-18-20(17)31-9-8-30-18)4-7-19(24)23-16-12-14(21(25)28-2)5-6-15(16)22(26)29-3/h4-7,10-12H,8-9H2,1-3H3,(H,23,24)/b7-4+. The van der Waals surface area contributed by atoms with Crippen LogP contribution >= 0.6 is 0 Å². The highest BCUT2D eigenvalue weighted by Crippen LogP contribution is 2.40. The Kier molecular flexibility index (Phi) is 6.76. The van der Waals surface area contributed by atoms with Crippen molar-refractivity contribution in [1.29, 1.82) is 0 Å². The van der Waals surface area contributed by atoms with Crippen molar-refractivity contribution in [2.24, 2.45) is 0 Å². The number of carbonyl (C=O) groups is 3. The zero-order valence-corrected chi connectivity index (χ0v) is 17.2. The quantitative estimate of drug-likeness (QED) is 0.554. The highest BCUT2D eigenvalue weighted by Gasteiger charge is 2.19. The van der Waals surface area contributed by atoms with Gasteiger partial charge >= 0.3 is 11.9 Å². The highest BCUT2D eigenvalue weighted by molar-refractivity contribution is 6.07. The van der Waals surface area contributed by atoms with Crippen molar-refractivity contribution in [2.45, 2.75) is 0 Å². The molecule has 31 heavy (non-hydrogen) atoms. The van der Waals surface area contributed by atoms with E-state index in [1.54, 1.807) is 18.2 Å². The lowest BCUT2D eigenvalue weighted by Gasteiger charge is -2.20. The number of ether oxygens (including phenoxy) is 5. The molecule has 9 heteroatoms. The summed E-state index contributed by atoms with van der Waals surface area (Å²) in [6.07, 6.45) is 2.83. The Morgan fingerprint density at radius 3 is 2.42 bits per heavy atom. The smallest absolute Gasteiger partial charge is 0.339 e. The van der Waals surface area contributed by atoms with Gasteiger partial charge in [0.25, 0.3) is 0 Å². The van der Waals surface area contributed by atoms with Gasteiger partial charge in [0.15, 0.2) is 11.5 Å². The minimum absolute atomic E-state index is 0.0953. The van der Waals surface area contributed by atoms with Crippen molar-refractivity contribution >= 4 is 29.6 Å². The maximum atomic E-state index is 12.5. The monoisotopic (exact) mass is 427 g/mol. The van der Waals surface area contributed by atoms with Gasteiger partial charge in [0.1, 0.15) is 13.2 Å². The van der Waals surface area contributed by atoms with Crippen LogP contribution in [0.5, 0.6) is 17.2 Å². The van der Waals surface area contributed by atoms with Gasteiger partial charge in [-0.1, -0.05) is 0 Å². The van der Waals surface area contributed by atoms with E-state index in [-0.39, 0.29) is 16.8 Å². The van der Waals surface area contributed by atoms with Gasteiger partial charge in [0.2, 0.25) is 11.7 Å². The van der Waals surface area contributed by atoms with Crippen LogP contribution in [-0.2, 0) is 14.3 Å². The fraction of sp³-hybridized carbons (Fsp3) is 0.227. The molecule has 1 N–H and O–H groups in total. The lowest BCUT2D eigenvalue weighted by Crippen LogP contribution is -2.16. The van der Waals surface area contributed by atoms with Crippen molar-refractivity contribution in [2.75, 3.05) is 39.9 Å². The Morgan fingerprint density at radius 2 is 1.71 bits per heavy atom. The number of hydrogen-bond acceptors (Lipinski definition) is 8. The number of nitrogens with one attached hydrogen (secondary N) is 1. The van der Waals surface area contributed by atoms with Crippen LogP contribution in [0.4, 0.5) is 5.69 Å². The zero-order valence-electron chi connectivity index (χ0n) is 17.2. The predicted octanol–water partition coefficient (Wildman–Crippen LogP) is 2.69. The average Bonchev–Trinajstić information content (AvgIpc) is 2.81. The Labute approximate surface area is 178 Å². The highest BCUT2D eigenvalue weighted by atomic mass is 16.6. The number of carbonyl (C=O) groups excluding carboxylic acids is 3. The van der Waals surface area contributed by atoms with Gasteiger partial charge in [-0.15, -0.1) is 0 Å². The molecule has 2 aromatic rings. The zero-order chi connectivity index (χ0) is 22.4. The molecule has 162 valence electrons. The third-order valence-electron chi connectivity index (χ3n) is 4.38. The molecule has 3 rings (SSSR count). The molecule has 1 aliphatic heterocycles. The average molecular weight is 427 g/mol. The second-order valence-corrected chi connectivity index (χ2v) is 6.31. The van der Waals surface area contributed by atoms with E-state index >= 15 is 0 Å². The van der Waals surface area contributed by atoms with Crippen LogP contribution in [0.25, 0.3) is 6.08 Å². The summed E-state index contributed by atoms with van der Waals surface area (Å²) >= 11 is 0. The molecule has 0 bridgehead atoms. The number of benzene rings is 2. The van der Waals surface area contributed by atoms with Gasteiger partial charge in [0, 0.05) is 6.08 Å². The molecule has 0 aliphatic carbocycles. The number of anilines is 1. The number of rotatable bonds is 6. The van der Waals surface area contributed by atoms with E-state index in [1.807, 2.05) is 0 Å². The van der Waals surface area contributed by atoms with Crippen molar-refractivity contribution in [3.63, 3.8) is 0 Å². The first kappa shape index (κ1) is 21.7. The van der Waals surface area contributed by atoms with Crippen molar-refractivity contribution in [1.82, 2.24) is 0 Å². The van der Waals surface area contributed by atoms with E-state index < -0.39 is 17.8 Å². The molecule has 9 nitrogen and oxygen atoms in total. The summed E-state index contributed by atoms with van der Waals surface area (Å²) in [7, 11) is 3.97. The molecule has 0 saturated heterocycles. The predicted molar refractivity (Wildman–Crippen MR) is 111 cm³/mol. The first-order chi connectivity index (χ1) is 15.0. The Balaban J connectivity index is 1.84. The van der Waals surface area contributed by atoms with Crippen LogP contribution < -0.4 is 19.5 Å².